The molecule has 1 aromatic heterocycles. The fraction of sp³-hybridized carbons (Fsp3) is 0.308. The number of nitrogens with one attached hydrogen (secondary N) is 1. The summed E-state index contributed by atoms with van der Waals surface area (Å²) in [5.41, 5.74) is 3.93. The first-order valence-corrected chi connectivity index (χ1v) is 13.3. The molecule has 4 rings (SSSR count). The average Bonchev–Trinajstić information content (AvgIpc) is 3.22. The Hall–Kier alpha value is -2.94. The Kier molecular flexibility index (Phi) is 7.44. The van der Waals surface area contributed by atoms with Crippen LogP contribution in [0.25, 0.3) is 12.2 Å². The number of nitrogens with zero attached hydrogens (tertiary/aromatic N) is 2. The van der Waals surface area contributed by atoms with Crippen LogP contribution < -0.4 is 5.32 Å². The van der Waals surface area contributed by atoms with Crippen molar-refractivity contribution in [2.75, 3.05) is 18.4 Å². The monoisotopic (exact) mass is 513 g/mol. The van der Waals surface area contributed by atoms with Crippen LogP contribution in [0.4, 0.5) is 5.69 Å². The number of aryl methyl sites for hydroxylation is 3. The van der Waals surface area contributed by atoms with Crippen LogP contribution in [-0.2, 0) is 14.8 Å². The van der Waals surface area contributed by atoms with E-state index in [9.17, 15) is 13.2 Å². The largest absolute Gasteiger partial charge is 0.355 e. The summed E-state index contributed by atoms with van der Waals surface area (Å²) in [7, 11) is -3.93. The van der Waals surface area contributed by atoms with E-state index in [0.717, 1.165) is 16.7 Å². The second-order valence-corrected chi connectivity index (χ2v) is 11.1. The average molecular weight is 514 g/mol. The Labute approximate surface area is 210 Å². The van der Waals surface area contributed by atoms with Crippen LogP contribution in [0.15, 0.2) is 51.9 Å². The zero-order valence-corrected chi connectivity index (χ0v) is 21.5. The molecule has 1 aliphatic rings. The second kappa shape index (κ2) is 10.4. The van der Waals surface area contributed by atoms with Gasteiger partial charge in [0.2, 0.25) is 15.9 Å². The molecule has 1 atom stereocenters. The minimum absolute atomic E-state index is 0.0335. The molecule has 1 aliphatic heterocycles. The Balaban J connectivity index is 1.56. The maximum Gasteiger partial charge on any atom is 0.248 e. The zero-order valence-electron chi connectivity index (χ0n) is 19.9. The predicted octanol–water partition coefficient (Wildman–Crippen LogP) is 5.46. The molecule has 0 aliphatic carbocycles. The van der Waals surface area contributed by atoms with Gasteiger partial charge in [0.25, 0.3) is 0 Å². The van der Waals surface area contributed by atoms with Gasteiger partial charge in [0.1, 0.15) is 5.69 Å². The number of anilines is 1. The molecule has 184 valence electrons. The van der Waals surface area contributed by atoms with Crippen LogP contribution in [0, 0.1) is 26.7 Å². The normalized spacial score (nSPS) is 17.1. The van der Waals surface area contributed by atoms with Crippen LogP contribution in [0.5, 0.6) is 0 Å². The molecule has 0 spiro atoms. The van der Waals surface area contributed by atoms with Crippen molar-refractivity contribution in [1.82, 2.24) is 9.46 Å². The summed E-state index contributed by atoms with van der Waals surface area (Å²) in [5.74, 6) is -0.579. The van der Waals surface area contributed by atoms with Gasteiger partial charge in [0.15, 0.2) is 10.7 Å². The summed E-state index contributed by atoms with van der Waals surface area (Å²) in [5, 5.41) is 7.18. The number of rotatable bonds is 6. The fourth-order valence-electron chi connectivity index (χ4n) is 4.20. The highest BCUT2D eigenvalue weighted by molar-refractivity contribution is 7.89. The van der Waals surface area contributed by atoms with Gasteiger partial charge in [0, 0.05) is 13.1 Å². The maximum absolute atomic E-state index is 13.6. The van der Waals surface area contributed by atoms with E-state index in [1.807, 2.05) is 38.1 Å². The van der Waals surface area contributed by atoms with Crippen molar-refractivity contribution >= 4 is 45.4 Å². The summed E-state index contributed by atoms with van der Waals surface area (Å²) in [6, 6.07) is 13.0. The predicted molar refractivity (Wildman–Crippen MR) is 138 cm³/mol. The first-order valence-electron chi connectivity index (χ1n) is 11.4. The third kappa shape index (κ3) is 5.50. The fourth-order valence-corrected chi connectivity index (χ4v) is 6.16. The van der Waals surface area contributed by atoms with Gasteiger partial charge in [-0.25, -0.2) is 8.42 Å². The molecule has 0 saturated carbocycles. The number of piperidine rings is 1. The van der Waals surface area contributed by atoms with Crippen LogP contribution >= 0.6 is 11.6 Å². The van der Waals surface area contributed by atoms with Gasteiger partial charge in [-0.2, -0.15) is 4.31 Å². The number of hydrogen-bond acceptors (Lipinski definition) is 5. The second-order valence-electron chi connectivity index (χ2n) is 8.83. The SMILES string of the molecule is Cc1ccc(C)c(C=Cc2onc(C)c2S(=O)(=O)N2CCCC(C(=O)Nc3ccccc3Cl)C2)c1. The van der Waals surface area contributed by atoms with Crippen molar-refractivity contribution in [2.24, 2.45) is 5.92 Å². The van der Waals surface area contributed by atoms with Gasteiger partial charge in [-0.15, -0.1) is 0 Å². The maximum atomic E-state index is 13.6. The molecule has 7 nitrogen and oxygen atoms in total. The van der Waals surface area contributed by atoms with Crippen molar-refractivity contribution in [3.63, 3.8) is 0 Å². The number of carbonyl (C=O) groups is 1. The summed E-state index contributed by atoms with van der Waals surface area (Å²) < 4.78 is 34.0. The summed E-state index contributed by atoms with van der Waals surface area (Å²) in [6.45, 7) is 5.99. The quantitative estimate of drug-likeness (QED) is 0.472. The first-order chi connectivity index (χ1) is 16.7. The van der Waals surface area contributed by atoms with E-state index in [1.165, 1.54) is 4.31 Å². The summed E-state index contributed by atoms with van der Waals surface area (Å²) in [4.78, 5) is 12.9. The highest BCUT2D eigenvalue weighted by atomic mass is 35.5. The van der Waals surface area contributed by atoms with Gasteiger partial charge in [-0.1, -0.05) is 58.7 Å². The molecule has 35 heavy (non-hydrogen) atoms. The Bertz CT molecular complexity index is 1380. The lowest BCUT2D eigenvalue weighted by Gasteiger charge is -2.31. The van der Waals surface area contributed by atoms with Crippen LogP contribution in [-0.4, -0.2) is 36.9 Å². The molecule has 1 amide bonds. The van der Waals surface area contributed by atoms with Gasteiger partial charge < -0.3 is 9.84 Å². The van der Waals surface area contributed by atoms with E-state index >= 15 is 0 Å². The highest BCUT2D eigenvalue weighted by Gasteiger charge is 2.37. The van der Waals surface area contributed by atoms with Crippen molar-refractivity contribution in [2.45, 2.75) is 38.5 Å². The van der Waals surface area contributed by atoms with Crippen LogP contribution in [0.2, 0.25) is 5.02 Å². The van der Waals surface area contributed by atoms with E-state index in [4.69, 9.17) is 16.1 Å². The molecule has 3 aromatic rings. The van der Waals surface area contributed by atoms with Crippen molar-refractivity contribution in [1.29, 1.82) is 0 Å². The molecule has 1 fully saturated rings. The number of halogens is 1. The molecule has 1 N–H and O–H groups in total. The number of hydrogen-bond donors (Lipinski definition) is 1. The van der Waals surface area contributed by atoms with Crippen molar-refractivity contribution in [3.8, 4) is 0 Å². The standard InChI is InChI=1S/C26H28ClN3O4S/c1-17-10-11-18(2)20(15-17)12-13-24-25(19(3)29-34-24)35(32,33)30-14-6-7-21(16-30)26(31)28-23-9-5-4-8-22(23)27/h4-5,8-13,15,21H,6-7,14,16H2,1-3H3,(H,28,31). The first kappa shape index (κ1) is 25.2. The third-order valence-electron chi connectivity index (χ3n) is 6.17. The smallest absolute Gasteiger partial charge is 0.248 e. The number of benzene rings is 2. The summed E-state index contributed by atoms with van der Waals surface area (Å²) >= 11 is 6.16. The Morgan fingerprint density at radius 1 is 1.17 bits per heavy atom. The van der Waals surface area contributed by atoms with E-state index in [2.05, 4.69) is 10.5 Å². The van der Waals surface area contributed by atoms with Crippen LogP contribution in [0.1, 0.15) is 41.0 Å². The molecular weight excluding hydrogens is 486 g/mol. The topological polar surface area (TPSA) is 92.5 Å². The highest BCUT2D eigenvalue weighted by Crippen LogP contribution is 2.30. The number of para-hydroxylation sites is 1. The molecule has 2 aromatic carbocycles. The molecule has 2 heterocycles. The van der Waals surface area contributed by atoms with Gasteiger partial charge in [0.05, 0.1) is 16.6 Å². The lowest BCUT2D eigenvalue weighted by Crippen LogP contribution is -2.43. The molecule has 1 unspecified atom stereocenters. The Morgan fingerprint density at radius 3 is 2.71 bits per heavy atom. The number of carbonyl (C=O) groups excluding carboxylic acids is 1. The lowest BCUT2D eigenvalue weighted by molar-refractivity contribution is -0.120. The third-order valence-corrected chi connectivity index (χ3v) is 8.52. The lowest BCUT2D eigenvalue weighted by atomic mass is 9.99. The number of amides is 1. The molecule has 9 heteroatoms. The van der Waals surface area contributed by atoms with Crippen molar-refractivity contribution in [3.05, 3.63) is 75.6 Å². The van der Waals surface area contributed by atoms with Gasteiger partial charge in [-0.3, -0.25) is 4.79 Å². The minimum Gasteiger partial charge on any atom is -0.355 e. The van der Waals surface area contributed by atoms with Crippen LogP contribution in [0.3, 0.4) is 0 Å². The van der Waals surface area contributed by atoms with E-state index in [1.54, 1.807) is 37.3 Å². The number of sulfonamides is 1. The zero-order chi connectivity index (χ0) is 25.2. The Morgan fingerprint density at radius 2 is 1.94 bits per heavy atom. The molecule has 0 radical (unpaired) electrons. The van der Waals surface area contributed by atoms with E-state index in [0.29, 0.717) is 30.1 Å². The van der Waals surface area contributed by atoms with Crippen molar-refractivity contribution < 1.29 is 17.7 Å². The van der Waals surface area contributed by atoms with E-state index in [-0.39, 0.29) is 28.8 Å². The summed E-state index contributed by atoms with van der Waals surface area (Å²) in [6.07, 6.45) is 4.62. The molecular formula is C26H28ClN3O4S. The molecule has 0 bridgehead atoms. The number of aromatic nitrogens is 1. The van der Waals surface area contributed by atoms with E-state index < -0.39 is 15.9 Å². The van der Waals surface area contributed by atoms with Gasteiger partial charge in [-0.05, 0) is 62.9 Å². The van der Waals surface area contributed by atoms with Gasteiger partial charge >= 0.3 is 0 Å². The minimum atomic E-state index is -3.93. The molecule has 1 saturated heterocycles.